The summed E-state index contributed by atoms with van der Waals surface area (Å²) in [4.78, 5) is 53.7. The maximum absolute atomic E-state index is 15.3. The normalized spacial score (nSPS) is 25.8. The van der Waals surface area contributed by atoms with Gasteiger partial charge in [0.1, 0.15) is 12.1 Å². The van der Waals surface area contributed by atoms with E-state index in [1.54, 1.807) is 24.3 Å². The molecule has 0 aromatic heterocycles. The zero-order valence-corrected chi connectivity index (χ0v) is 25.8. The average molecular weight is 641 g/mol. The van der Waals surface area contributed by atoms with Crippen molar-refractivity contribution in [3.05, 3.63) is 41.2 Å². The summed E-state index contributed by atoms with van der Waals surface area (Å²) in [6, 6.07) is 2.33. The molecule has 9 nitrogen and oxygen atoms in total. The van der Waals surface area contributed by atoms with Crippen LogP contribution < -0.4 is 16.0 Å². The number of halogens is 4. The number of benzene rings is 1. The molecule has 1 aliphatic carbocycles. The van der Waals surface area contributed by atoms with E-state index in [0.717, 1.165) is 6.08 Å². The summed E-state index contributed by atoms with van der Waals surface area (Å²) in [6.45, 7) is 5.67. The molecule has 1 aromatic rings. The maximum Gasteiger partial charge on any atom is 0.366 e. The van der Waals surface area contributed by atoms with Crippen molar-refractivity contribution in [3.63, 3.8) is 0 Å². The molecule has 3 aliphatic heterocycles. The van der Waals surface area contributed by atoms with Gasteiger partial charge in [-0.1, -0.05) is 31.5 Å². The fourth-order valence-electron chi connectivity index (χ4n) is 6.53. The highest BCUT2D eigenvalue weighted by Gasteiger charge is 2.61. The van der Waals surface area contributed by atoms with Crippen LogP contribution in [0.5, 0.6) is 0 Å². The van der Waals surface area contributed by atoms with Crippen LogP contribution in [0.2, 0.25) is 5.02 Å². The molecule has 1 aromatic carbocycles. The van der Waals surface area contributed by atoms with Crippen molar-refractivity contribution in [3.8, 4) is 0 Å². The minimum atomic E-state index is -3.21. The number of piperidine rings is 2. The van der Waals surface area contributed by atoms with E-state index < -0.39 is 72.0 Å². The van der Waals surface area contributed by atoms with Crippen molar-refractivity contribution < 1.29 is 37.1 Å². The molecular weight excluding hydrogens is 601 g/mol. The lowest BCUT2D eigenvalue weighted by atomic mass is 9.71. The molecule has 44 heavy (non-hydrogen) atoms. The Bertz CT molecular complexity index is 1280. The second-order valence-electron chi connectivity index (χ2n) is 12.2. The summed E-state index contributed by atoms with van der Waals surface area (Å²) in [5.41, 5.74) is 0.569. The van der Waals surface area contributed by atoms with Crippen LogP contribution in [0.15, 0.2) is 36.2 Å². The smallest absolute Gasteiger partial charge is 0.366 e. The summed E-state index contributed by atoms with van der Waals surface area (Å²) in [6.07, 6.45) is 1.32. The third-order valence-corrected chi connectivity index (χ3v) is 8.71. The predicted octanol–water partition coefficient (Wildman–Crippen LogP) is 4.61. The number of amides is 3. The fraction of sp³-hybridized carbons (Fsp3) is 0.613. The van der Waals surface area contributed by atoms with Gasteiger partial charge in [0, 0.05) is 35.6 Å². The zero-order valence-electron chi connectivity index (χ0n) is 25.1. The van der Waals surface area contributed by atoms with Gasteiger partial charge in [0.25, 0.3) is 5.92 Å². The number of hydrogen-bond acceptors (Lipinski definition) is 6. The second kappa shape index (κ2) is 14.2. The molecule has 0 radical (unpaired) electrons. The Morgan fingerprint density at radius 3 is 2.59 bits per heavy atom. The first-order valence-corrected chi connectivity index (χ1v) is 15.5. The monoisotopic (exact) mass is 640 g/mol. The molecule has 6 atom stereocenters. The maximum atomic E-state index is 15.3. The highest BCUT2D eigenvalue weighted by molar-refractivity contribution is 6.30. The predicted molar refractivity (Wildman–Crippen MR) is 159 cm³/mol. The van der Waals surface area contributed by atoms with E-state index in [-0.39, 0.29) is 31.3 Å². The van der Waals surface area contributed by atoms with Gasteiger partial charge in [0.15, 0.2) is 0 Å². The quantitative estimate of drug-likeness (QED) is 0.227. The van der Waals surface area contributed by atoms with Crippen LogP contribution in [0.25, 0.3) is 0 Å². The molecule has 4 fully saturated rings. The molecule has 242 valence electrons. The lowest BCUT2D eigenvalue weighted by Gasteiger charge is -2.54. The summed E-state index contributed by atoms with van der Waals surface area (Å²) < 4.78 is 50.1. The first-order valence-electron chi connectivity index (χ1n) is 15.1. The van der Waals surface area contributed by atoms with E-state index >= 15 is 8.78 Å². The molecule has 4 aliphatic rings. The standard InChI is InChI=1S/C31H40ClF3N4O5/c1-4-44-30(43)24(33)15-21(13-18-10-11-36-27(18)40)38-28(41)26-23-9-8-22(16-31(23,34)35)39(26)29(42)25(12-17(2)3)37-20-7-5-6-19(32)14-20/h5-7,14-15,17-18,21-23,25-26,37H,4,8-13,16H2,1-3H3,(H,36,40)(H,38,41)/b24-15-/t18-,21+,22+,23+,25+,26+/m0/s1. The van der Waals surface area contributed by atoms with Crippen molar-refractivity contribution >= 4 is 41.0 Å². The number of nitrogens with zero attached hydrogens (tertiary/aromatic N) is 1. The van der Waals surface area contributed by atoms with Gasteiger partial charge in [0.2, 0.25) is 23.5 Å². The Morgan fingerprint density at radius 1 is 1.23 bits per heavy atom. The van der Waals surface area contributed by atoms with Gasteiger partial charge in [-0.05, 0) is 69.2 Å². The Balaban J connectivity index is 1.65. The third-order valence-electron chi connectivity index (χ3n) is 8.48. The number of nitrogens with one attached hydrogen (secondary N) is 3. The summed E-state index contributed by atoms with van der Waals surface area (Å²) in [5.74, 6) is -9.42. The minimum Gasteiger partial charge on any atom is -0.461 e. The summed E-state index contributed by atoms with van der Waals surface area (Å²) in [5, 5.41) is 8.90. The van der Waals surface area contributed by atoms with Crippen LogP contribution in [0, 0.1) is 17.8 Å². The Morgan fingerprint density at radius 2 is 1.98 bits per heavy atom. The number of carbonyl (C=O) groups excluding carboxylic acids is 4. The highest BCUT2D eigenvalue weighted by Crippen LogP contribution is 2.49. The van der Waals surface area contributed by atoms with E-state index in [9.17, 15) is 23.6 Å². The van der Waals surface area contributed by atoms with Crippen LogP contribution in [0.1, 0.15) is 59.3 Å². The molecule has 3 amide bonds. The van der Waals surface area contributed by atoms with Crippen molar-refractivity contribution in [2.45, 2.75) is 89.4 Å². The molecule has 2 bridgehead atoms. The number of carbonyl (C=O) groups is 4. The molecule has 0 unspecified atom stereocenters. The molecular formula is C31H40ClF3N4O5. The van der Waals surface area contributed by atoms with Crippen LogP contribution in [0.3, 0.4) is 0 Å². The molecule has 3 saturated heterocycles. The van der Waals surface area contributed by atoms with E-state index in [1.807, 2.05) is 13.8 Å². The lowest BCUT2D eigenvalue weighted by molar-refractivity contribution is -0.194. The first kappa shape index (κ1) is 33.6. The van der Waals surface area contributed by atoms with Crippen LogP contribution in [0.4, 0.5) is 18.9 Å². The number of ether oxygens (including phenoxy) is 1. The van der Waals surface area contributed by atoms with E-state index in [4.69, 9.17) is 16.3 Å². The Hall–Kier alpha value is -3.28. The van der Waals surface area contributed by atoms with Gasteiger partial charge >= 0.3 is 5.97 Å². The molecule has 3 heterocycles. The topological polar surface area (TPSA) is 117 Å². The van der Waals surface area contributed by atoms with Crippen molar-refractivity contribution in [1.82, 2.24) is 15.5 Å². The summed E-state index contributed by atoms with van der Waals surface area (Å²) in [7, 11) is 0. The number of esters is 1. The molecule has 5 rings (SSSR count). The number of hydrogen-bond donors (Lipinski definition) is 3. The van der Waals surface area contributed by atoms with E-state index in [2.05, 4.69) is 16.0 Å². The van der Waals surface area contributed by atoms with Gasteiger partial charge in [-0.15, -0.1) is 0 Å². The van der Waals surface area contributed by atoms with Gasteiger partial charge in [-0.3, -0.25) is 14.4 Å². The largest absolute Gasteiger partial charge is 0.461 e. The second-order valence-corrected chi connectivity index (χ2v) is 12.6. The van der Waals surface area contributed by atoms with Crippen molar-refractivity contribution in [2.75, 3.05) is 18.5 Å². The number of fused-ring (bicyclic) bond motifs is 3. The average Bonchev–Trinajstić information content (AvgIpc) is 3.35. The van der Waals surface area contributed by atoms with Crippen LogP contribution in [-0.2, 0) is 23.9 Å². The number of rotatable bonds is 12. The molecule has 13 heteroatoms. The van der Waals surface area contributed by atoms with E-state index in [1.165, 1.54) is 11.8 Å². The van der Waals surface area contributed by atoms with Gasteiger partial charge in [0.05, 0.1) is 18.6 Å². The zero-order chi connectivity index (χ0) is 32.2. The summed E-state index contributed by atoms with van der Waals surface area (Å²) >= 11 is 6.14. The SMILES string of the molecule is CCOC(=O)/C(F)=C/[C@@H](C[C@@H]1CCNC1=O)NC(=O)[C@H]1[C@H]2CC[C@H](CC2(F)F)N1C(=O)[C@@H](CC(C)C)Nc1cccc(Cl)c1. The molecule has 1 saturated carbocycles. The number of anilines is 1. The Labute approximate surface area is 260 Å². The fourth-order valence-corrected chi connectivity index (χ4v) is 6.72. The van der Waals surface area contributed by atoms with Gasteiger partial charge < -0.3 is 25.6 Å². The van der Waals surface area contributed by atoms with Gasteiger partial charge in [-0.25, -0.2) is 13.6 Å². The Kier molecular flexibility index (Phi) is 10.9. The minimum absolute atomic E-state index is 0.0266. The van der Waals surface area contributed by atoms with E-state index in [0.29, 0.717) is 36.5 Å². The van der Waals surface area contributed by atoms with Gasteiger partial charge in [-0.2, -0.15) is 4.39 Å². The number of alkyl halides is 2. The molecule has 0 spiro atoms. The molecule has 3 N–H and O–H groups in total. The van der Waals surface area contributed by atoms with Crippen LogP contribution in [-0.4, -0.2) is 71.8 Å². The third kappa shape index (κ3) is 7.86. The van der Waals surface area contributed by atoms with Crippen LogP contribution >= 0.6 is 11.6 Å². The first-order chi connectivity index (χ1) is 20.8. The lowest BCUT2D eigenvalue weighted by Crippen LogP contribution is -2.70. The van der Waals surface area contributed by atoms with Crippen molar-refractivity contribution in [1.29, 1.82) is 0 Å². The van der Waals surface area contributed by atoms with Crippen molar-refractivity contribution in [2.24, 2.45) is 17.8 Å². The highest BCUT2D eigenvalue weighted by atomic mass is 35.5.